The summed E-state index contributed by atoms with van der Waals surface area (Å²) < 4.78 is 5.21. The van der Waals surface area contributed by atoms with E-state index in [0.29, 0.717) is 11.5 Å². The van der Waals surface area contributed by atoms with Crippen molar-refractivity contribution in [3.05, 3.63) is 101 Å². The molecule has 0 saturated carbocycles. The third kappa shape index (κ3) is 3.83. The predicted octanol–water partition coefficient (Wildman–Crippen LogP) is 5.15. The molecule has 0 spiro atoms. The molecule has 4 heteroatoms. The number of nitrogens with zero attached hydrogens (tertiary/aromatic N) is 2. The standard InChI is InChI=1S/C25H22N2O2/c1-17-7-11-21(12-8-17)27-24(20-6-4-5-18(2)15-20)26-23(25(27)28)16-19-9-13-22(29-3)14-10-19/h4-16H,1-3H3/b23-16+. The quantitative estimate of drug-likeness (QED) is 0.586. The Balaban J connectivity index is 1.80. The second-order valence-electron chi connectivity index (χ2n) is 7.08. The lowest BCUT2D eigenvalue weighted by Gasteiger charge is -2.19. The molecule has 3 aromatic rings. The van der Waals surface area contributed by atoms with E-state index in [1.54, 1.807) is 12.0 Å². The molecule has 0 saturated heterocycles. The Morgan fingerprint density at radius 3 is 2.28 bits per heavy atom. The minimum atomic E-state index is -0.138. The summed E-state index contributed by atoms with van der Waals surface area (Å²) in [5, 5.41) is 0. The highest BCUT2D eigenvalue weighted by Gasteiger charge is 2.32. The number of rotatable bonds is 4. The van der Waals surface area contributed by atoms with Crippen molar-refractivity contribution in [3.63, 3.8) is 0 Å². The molecule has 0 radical (unpaired) electrons. The molecule has 0 unspecified atom stereocenters. The van der Waals surface area contributed by atoms with Crippen molar-refractivity contribution >= 4 is 23.5 Å². The normalized spacial score (nSPS) is 15.0. The van der Waals surface area contributed by atoms with Crippen LogP contribution in [0.2, 0.25) is 0 Å². The SMILES string of the molecule is COc1ccc(/C=C2/N=C(c3cccc(C)c3)N(c3ccc(C)cc3)C2=O)cc1. The molecule has 3 aromatic carbocycles. The van der Waals surface area contributed by atoms with E-state index in [9.17, 15) is 4.79 Å². The van der Waals surface area contributed by atoms with Crippen molar-refractivity contribution in [2.24, 2.45) is 4.99 Å². The summed E-state index contributed by atoms with van der Waals surface area (Å²) in [6.07, 6.45) is 1.81. The molecule has 0 bridgehead atoms. The number of carbonyl (C=O) groups excluding carboxylic acids is 1. The van der Waals surface area contributed by atoms with Crippen molar-refractivity contribution in [1.82, 2.24) is 0 Å². The third-order valence-corrected chi connectivity index (χ3v) is 4.85. The predicted molar refractivity (Wildman–Crippen MR) is 117 cm³/mol. The van der Waals surface area contributed by atoms with Crippen LogP contribution in [0.4, 0.5) is 5.69 Å². The summed E-state index contributed by atoms with van der Waals surface area (Å²) in [6.45, 7) is 4.06. The van der Waals surface area contributed by atoms with Gasteiger partial charge in [-0.2, -0.15) is 0 Å². The smallest absolute Gasteiger partial charge is 0.282 e. The molecule has 1 aliphatic rings. The lowest BCUT2D eigenvalue weighted by Crippen LogP contribution is -2.32. The van der Waals surface area contributed by atoms with Gasteiger partial charge in [0.1, 0.15) is 17.3 Å². The van der Waals surface area contributed by atoms with Gasteiger partial charge in [-0.25, -0.2) is 4.99 Å². The Bertz CT molecular complexity index is 1110. The van der Waals surface area contributed by atoms with Gasteiger partial charge < -0.3 is 4.74 Å². The van der Waals surface area contributed by atoms with Crippen LogP contribution in [0.5, 0.6) is 5.75 Å². The van der Waals surface area contributed by atoms with E-state index in [1.807, 2.05) is 92.7 Å². The highest BCUT2D eigenvalue weighted by atomic mass is 16.5. The molecular weight excluding hydrogens is 360 g/mol. The van der Waals surface area contributed by atoms with Gasteiger partial charge in [0.05, 0.1) is 12.8 Å². The van der Waals surface area contributed by atoms with Crippen molar-refractivity contribution in [2.75, 3.05) is 12.0 Å². The number of aliphatic imine (C=N–C) groups is 1. The first kappa shape index (κ1) is 18.7. The van der Waals surface area contributed by atoms with Crippen LogP contribution in [0.25, 0.3) is 6.08 Å². The minimum Gasteiger partial charge on any atom is -0.497 e. The summed E-state index contributed by atoms with van der Waals surface area (Å²) in [4.78, 5) is 19.7. The fraction of sp³-hybridized carbons (Fsp3) is 0.120. The molecule has 4 rings (SSSR count). The first-order valence-electron chi connectivity index (χ1n) is 9.48. The Morgan fingerprint density at radius 1 is 0.897 bits per heavy atom. The van der Waals surface area contributed by atoms with Crippen molar-refractivity contribution in [2.45, 2.75) is 13.8 Å². The van der Waals surface area contributed by atoms with Crippen LogP contribution in [-0.4, -0.2) is 18.9 Å². The van der Waals surface area contributed by atoms with Crippen molar-refractivity contribution in [3.8, 4) is 5.75 Å². The number of hydrogen-bond acceptors (Lipinski definition) is 3. The van der Waals surface area contributed by atoms with Gasteiger partial charge in [-0.3, -0.25) is 9.69 Å². The zero-order valence-electron chi connectivity index (χ0n) is 16.7. The average Bonchev–Trinajstić information content (AvgIpc) is 3.05. The highest BCUT2D eigenvalue weighted by molar-refractivity contribution is 6.33. The number of aryl methyl sites for hydroxylation is 2. The molecule has 0 aromatic heterocycles. The monoisotopic (exact) mass is 382 g/mol. The first-order valence-corrected chi connectivity index (χ1v) is 9.48. The third-order valence-electron chi connectivity index (χ3n) is 4.85. The molecule has 0 fully saturated rings. The topological polar surface area (TPSA) is 41.9 Å². The molecule has 1 heterocycles. The summed E-state index contributed by atoms with van der Waals surface area (Å²) >= 11 is 0. The van der Waals surface area contributed by atoms with Crippen molar-refractivity contribution < 1.29 is 9.53 Å². The van der Waals surface area contributed by atoms with Gasteiger partial charge in [0.2, 0.25) is 0 Å². The molecule has 4 nitrogen and oxygen atoms in total. The molecule has 1 aliphatic heterocycles. The van der Waals surface area contributed by atoms with Crippen LogP contribution in [0.15, 0.2) is 83.5 Å². The number of anilines is 1. The number of ether oxygens (including phenoxy) is 1. The van der Waals surface area contributed by atoms with Gasteiger partial charge in [0.25, 0.3) is 5.91 Å². The first-order chi connectivity index (χ1) is 14.0. The second-order valence-corrected chi connectivity index (χ2v) is 7.08. The Morgan fingerprint density at radius 2 is 1.62 bits per heavy atom. The fourth-order valence-electron chi connectivity index (χ4n) is 3.29. The van der Waals surface area contributed by atoms with Crippen molar-refractivity contribution in [1.29, 1.82) is 0 Å². The number of amidine groups is 1. The minimum absolute atomic E-state index is 0.138. The van der Waals surface area contributed by atoms with Gasteiger partial charge >= 0.3 is 0 Å². The molecule has 144 valence electrons. The van der Waals surface area contributed by atoms with Crippen LogP contribution in [0, 0.1) is 13.8 Å². The maximum absolute atomic E-state index is 13.3. The Kier molecular flexibility index (Phi) is 5.00. The van der Waals surface area contributed by atoms with Gasteiger partial charge in [-0.05, 0) is 55.8 Å². The number of methoxy groups -OCH3 is 1. The van der Waals surface area contributed by atoms with E-state index in [2.05, 4.69) is 0 Å². The van der Waals surface area contributed by atoms with E-state index >= 15 is 0 Å². The zero-order valence-corrected chi connectivity index (χ0v) is 16.7. The van der Waals surface area contributed by atoms with Crippen LogP contribution in [0.3, 0.4) is 0 Å². The number of carbonyl (C=O) groups is 1. The summed E-state index contributed by atoms with van der Waals surface area (Å²) in [5.41, 5.74) is 5.29. The summed E-state index contributed by atoms with van der Waals surface area (Å²) in [6, 6.07) is 23.5. The molecule has 1 amide bonds. The number of amides is 1. The Hall–Kier alpha value is -3.66. The van der Waals surface area contributed by atoms with E-state index in [0.717, 1.165) is 33.7 Å². The number of hydrogen-bond donors (Lipinski definition) is 0. The maximum Gasteiger partial charge on any atom is 0.282 e. The van der Waals surface area contributed by atoms with Gasteiger partial charge in [0, 0.05) is 5.56 Å². The fourth-order valence-corrected chi connectivity index (χ4v) is 3.29. The molecule has 0 N–H and O–H groups in total. The van der Waals surface area contributed by atoms with Crippen LogP contribution >= 0.6 is 0 Å². The second kappa shape index (κ2) is 7.76. The molecule has 29 heavy (non-hydrogen) atoms. The van der Waals surface area contributed by atoms with Gasteiger partial charge in [0.15, 0.2) is 0 Å². The highest BCUT2D eigenvalue weighted by Crippen LogP contribution is 2.28. The lowest BCUT2D eigenvalue weighted by atomic mass is 10.1. The molecular formula is C25H22N2O2. The van der Waals surface area contributed by atoms with Crippen LogP contribution in [-0.2, 0) is 4.79 Å². The largest absolute Gasteiger partial charge is 0.497 e. The average molecular weight is 382 g/mol. The van der Waals surface area contributed by atoms with Gasteiger partial charge in [-0.1, -0.05) is 53.6 Å². The summed E-state index contributed by atoms with van der Waals surface area (Å²) in [5.74, 6) is 1.28. The molecule has 0 atom stereocenters. The number of benzene rings is 3. The lowest BCUT2D eigenvalue weighted by molar-refractivity contribution is -0.113. The Labute approximate surface area is 170 Å². The van der Waals surface area contributed by atoms with Crippen LogP contribution in [0.1, 0.15) is 22.3 Å². The van der Waals surface area contributed by atoms with Gasteiger partial charge in [-0.15, -0.1) is 0 Å². The molecule has 0 aliphatic carbocycles. The summed E-state index contributed by atoms with van der Waals surface area (Å²) in [7, 11) is 1.63. The zero-order chi connectivity index (χ0) is 20.4. The van der Waals surface area contributed by atoms with E-state index in [4.69, 9.17) is 9.73 Å². The maximum atomic E-state index is 13.3. The van der Waals surface area contributed by atoms with E-state index in [-0.39, 0.29) is 5.91 Å². The van der Waals surface area contributed by atoms with E-state index in [1.165, 1.54) is 0 Å². The van der Waals surface area contributed by atoms with Crippen LogP contribution < -0.4 is 9.64 Å². The van der Waals surface area contributed by atoms with E-state index < -0.39 is 0 Å².